The number of urea groups is 1. The van der Waals surface area contributed by atoms with Gasteiger partial charge in [0.15, 0.2) is 5.82 Å². The minimum absolute atomic E-state index is 0.0399. The van der Waals surface area contributed by atoms with Gasteiger partial charge in [-0.1, -0.05) is 6.07 Å². The number of fused-ring (bicyclic) bond motifs is 2. The quantitative estimate of drug-likeness (QED) is 0.172. The van der Waals surface area contributed by atoms with Crippen molar-refractivity contribution in [2.75, 3.05) is 54.4 Å². The third kappa shape index (κ3) is 7.74. The normalized spacial score (nSPS) is 19.7. The summed E-state index contributed by atoms with van der Waals surface area (Å²) < 4.78 is 36.1. The molecule has 0 bridgehead atoms. The molecule has 0 unspecified atom stereocenters. The number of nitrogens with one attached hydrogen (secondary N) is 2. The van der Waals surface area contributed by atoms with E-state index in [1.165, 1.54) is 23.1 Å². The summed E-state index contributed by atoms with van der Waals surface area (Å²) in [5, 5.41) is 10.5. The molecule has 6 heterocycles. The van der Waals surface area contributed by atoms with Crippen LogP contribution in [0.5, 0.6) is 5.75 Å². The number of hydrogen-bond acceptors (Lipinski definition) is 9. The van der Waals surface area contributed by atoms with Crippen molar-refractivity contribution in [3.8, 4) is 5.75 Å². The molecule has 16 heteroatoms. The number of hydrogen-bond donors (Lipinski definition) is 2. The molecule has 2 N–H and O–H groups in total. The van der Waals surface area contributed by atoms with Crippen LogP contribution in [0.3, 0.4) is 0 Å². The number of alkyl halides is 2. The first-order valence-electron chi connectivity index (χ1n) is 19.3. The molecular formula is C40H46F2N10O4. The largest absolute Gasteiger partial charge is 0.490 e. The van der Waals surface area contributed by atoms with Gasteiger partial charge < -0.3 is 19.4 Å². The number of aryl methyl sites for hydroxylation is 1. The van der Waals surface area contributed by atoms with Gasteiger partial charge in [0.1, 0.15) is 22.9 Å². The van der Waals surface area contributed by atoms with E-state index in [0.29, 0.717) is 35.6 Å². The van der Waals surface area contributed by atoms with Gasteiger partial charge in [0.05, 0.1) is 22.9 Å². The summed E-state index contributed by atoms with van der Waals surface area (Å²) in [6.45, 7) is 8.93. The molecule has 4 amide bonds. The van der Waals surface area contributed by atoms with E-state index in [1.54, 1.807) is 16.9 Å². The van der Waals surface area contributed by atoms with Gasteiger partial charge in [-0.05, 0) is 75.8 Å². The van der Waals surface area contributed by atoms with Crippen LogP contribution in [-0.4, -0.2) is 92.3 Å². The third-order valence-electron chi connectivity index (χ3n) is 11.1. The lowest BCUT2D eigenvalue weighted by Gasteiger charge is -2.39. The van der Waals surface area contributed by atoms with Gasteiger partial charge in [0.25, 0.3) is 12.3 Å². The van der Waals surface area contributed by atoms with Crippen LogP contribution in [0.1, 0.15) is 80.0 Å². The van der Waals surface area contributed by atoms with E-state index < -0.39 is 24.1 Å². The van der Waals surface area contributed by atoms with E-state index in [0.717, 1.165) is 80.7 Å². The zero-order chi connectivity index (χ0) is 39.1. The zero-order valence-corrected chi connectivity index (χ0v) is 31.8. The Kier molecular flexibility index (Phi) is 10.3. The Labute approximate surface area is 322 Å². The smallest absolute Gasteiger partial charge is 0.329 e. The van der Waals surface area contributed by atoms with Crippen molar-refractivity contribution in [3.05, 3.63) is 71.8 Å². The molecule has 2 aliphatic heterocycles. The van der Waals surface area contributed by atoms with Crippen LogP contribution in [0, 0.1) is 5.92 Å². The third-order valence-corrected chi connectivity index (χ3v) is 11.1. The monoisotopic (exact) mass is 768 g/mol. The lowest BCUT2D eigenvalue weighted by molar-refractivity contribution is -0.120. The Morgan fingerprint density at radius 1 is 0.982 bits per heavy atom. The highest BCUT2D eigenvalue weighted by molar-refractivity contribution is 6.09. The summed E-state index contributed by atoms with van der Waals surface area (Å²) >= 11 is 0. The van der Waals surface area contributed by atoms with Crippen LogP contribution in [0.25, 0.3) is 16.6 Å². The Bertz CT molecular complexity index is 2270. The number of benzene rings is 1. The molecule has 2 saturated heterocycles. The predicted octanol–water partition coefficient (Wildman–Crippen LogP) is 6.14. The van der Waals surface area contributed by atoms with Gasteiger partial charge in [-0.2, -0.15) is 5.10 Å². The van der Waals surface area contributed by atoms with Gasteiger partial charge in [0.2, 0.25) is 5.91 Å². The van der Waals surface area contributed by atoms with Crippen molar-refractivity contribution >= 4 is 51.7 Å². The summed E-state index contributed by atoms with van der Waals surface area (Å²) in [6, 6.07) is 11.7. The number of carbonyl (C=O) groups is 3. The van der Waals surface area contributed by atoms with Gasteiger partial charge in [-0.25, -0.2) is 23.5 Å². The van der Waals surface area contributed by atoms with E-state index >= 15 is 0 Å². The van der Waals surface area contributed by atoms with Crippen molar-refractivity contribution in [1.82, 2.24) is 34.4 Å². The second kappa shape index (κ2) is 15.5. The fourth-order valence-electron chi connectivity index (χ4n) is 8.16. The van der Waals surface area contributed by atoms with E-state index in [9.17, 15) is 23.2 Å². The highest BCUT2D eigenvalue weighted by Crippen LogP contribution is 2.37. The van der Waals surface area contributed by atoms with Crippen molar-refractivity contribution in [3.63, 3.8) is 0 Å². The Balaban J connectivity index is 0.866. The fourth-order valence-corrected chi connectivity index (χ4v) is 8.16. The number of imidazole rings is 1. The molecule has 3 fully saturated rings. The molecule has 1 aliphatic carbocycles. The SMILES string of the molecule is CC(C)Oc1cc2nc([C@H]3CC[C@H](CN4CCN(c5ccc6c(N7CCC(=O)NC7=O)nn(C)c6c5)CC4)CC3)cn2cc1C(=O)Nc1cccc(C(F)F)n1. The number of piperazine rings is 1. The number of aromatic nitrogens is 5. The second-order valence-corrected chi connectivity index (χ2v) is 15.3. The Morgan fingerprint density at radius 3 is 2.50 bits per heavy atom. The molecule has 1 aromatic carbocycles. The first-order valence-corrected chi connectivity index (χ1v) is 19.3. The van der Waals surface area contributed by atoms with Crippen molar-refractivity contribution in [1.29, 1.82) is 0 Å². The van der Waals surface area contributed by atoms with Crippen molar-refractivity contribution < 1.29 is 27.9 Å². The number of carbonyl (C=O) groups excluding carboxylic acids is 3. The van der Waals surface area contributed by atoms with Gasteiger partial charge in [-0.15, -0.1) is 0 Å². The first kappa shape index (κ1) is 37.3. The Hall–Kier alpha value is -5.64. The summed E-state index contributed by atoms with van der Waals surface area (Å²) in [5.74, 6) is 1.12. The molecule has 294 valence electrons. The molecule has 0 atom stereocenters. The summed E-state index contributed by atoms with van der Waals surface area (Å²) in [4.78, 5) is 52.9. The predicted molar refractivity (Wildman–Crippen MR) is 208 cm³/mol. The molecule has 8 rings (SSSR count). The number of nitrogens with zero attached hydrogens (tertiary/aromatic N) is 8. The van der Waals surface area contributed by atoms with Gasteiger partial charge >= 0.3 is 6.03 Å². The van der Waals surface area contributed by atoms with E-state index in [-0.39, 0.29) is 29.8 Å². The molecule has 3 aliphatic rings. The second-order valence-electron chi connectivity index (χ2n) is 15.3. The number of pyridine rings is 2. The highest BCUT2D eigenvalue weighted by Gasteiger charge is 2.30. The van der Waals surface area contributed by atoms with Crippen LogP contribution in [-0.2, 0) is 11.8 Å². The molecule has 4 aromatic heterocycles. The number of anilines is 3. The van der Waals surface area contributed by atoms with E-state index in [2.05, 4.69) is 42.6 Å². The van der Waals surface area contributed by atoms with Crippen molar-refractivity contribution in [2.45, 2.75) is 64.4 Å². The molecule has 1 saturated carbocycles. The minimum Gasteiger partial charge on any atom is -0.490 e. The van der Waals surface area contributed by atoms with Gasteiger partial charge in [0, 0.05) is 88.2 Å². The van der Waals surface area contributed by atoms with Gasteiger partial charge in [-0.3, -0.25) is 29.4 Å². The summed E-state index contributed by atoms with van der Waals surface area (Å²) in [5.41, 5.74) is 3.59. The molecule has 56 heavy (non-hydrogen) atoms. The van der Waals surface area contributed by atoms with Crippen LogP contribution in [0.4, 0.5) is 30.9 Å². The summed E-state index contributed by atoms with van der Waals surface area (Å²) in [6.07, 6.45) is 5.27. The average Bonchev–Trinajstić information content (AvgIpc) is 3.75. The molecular weight excluding hydrogens is 723 g/mol. The number of amides is 4. The van der Waals surface area contributed by atoms with Crippen LogP contribution in [0.15, 0.2) is 54.9 Å². The van der Waals surface area contributed by atoms with E-state index in [4.69, 9.17) is 9.72 Å². The fraction of sp³-hybridized carbons (Fsp3) is 0.450. The number of rotatable bonds is 10. The van der Waals surface area contributed by atoms with Crippen LogP contribution >= 0.6 is 0 Å². The Morgan fingerprint density at radius 2 is 1.77 bits per heavy atom. The first-order chi connectivity index (χ1) is 27.0. The number of imide groups is 1. The lowest BCUT2D eigenvalue weighted by atomic mass is 9.80. The lowest BCUT2D eigenvalue weighted by Crippen LogP contribution is -2.49. The maximum Gasteiger partial charge on any atom is 0.329 e. The number of halogens is 2. The zero-order valence-electron chi connectivity index (χ0n) is 31.8. The highest BCUT2D eigenvalue weighted by atomic mass is 19.3. The van der Waals surface area contributed by atoms with E-state index in [1.807, 2.05) is 37.6 Å². The summed E-state index contributed by atoms with van der Waals surface area (Å²) in [7, 11) is 1.88. The average molecular weight is 769 g/mol. The minimum atomic E-state index is -2.75. The molecule has 14 nitrogen and oxygen atoms in total. The van der Waals surface area contributed by atoms with Crippen molar-refractivity contribution in [2.24, 2.45) is 13.0 Å². The maximum absolute atomic E-state index is 13.4. The maximum atomic E-state index is 13.4. The van der Waals surface area contributed by atoms with Crippen LogP contribution < -0.4 is 25.2 Å². The molecule has 0 spiro atoms. The molecule has 0 radical (unpaired) electrons. The number of ether oxygens (including phenoxy) is 1. The topological polar surface area (TPSA) is 142 Å². The standard InChI is InChI=1S/C40H46F2N10O4/c1-24(2)56-33-20-35-44-31(23-51(35)22-29(33)39(54)45-34-6-4-5-30(43-34)37(41)42)26-9-7-25(8-10-26)21-49-15-17-50(18-16-49)27-11-12-28-32(19-27)48(3)47-38(28)52-14-13-36(53)46-40(52)55/h4-6,11-12,19-20,22-26,37H,7-10,13-18,21H2,1-3H3,(H,43,45,54)(H,46,53,55)/t25-,26-. The molecule has 5 aromatic rings. The van der Waals surface area contributed by atoms with Crippen LogP contribution in [0.2, 0.25) is 0 Å².